The van der Waals surface area contributed by atoms with Crippen LogP contribution in [-0.2, 0) is 0 Å². The molecule has 0 spiro atoms. The first-order valence-corrected chi connectivity index (χ1v) is 10.7. The molecule has 0 amide bonds. The summed E-state index contributed by atoms with van der Waals surface area (Å²) in [6, 6.07) is 10.1. The zero-order valence-corrected chi connectivity index (χ0v) is 16.3. The van der Waals surface area contributed by atoms with Crippen LogP contribution in [0.25, 0.3) is 0 Å². The van der Waals surface area contributed by atoms with E-state index in [2.05, 4.69) is 0 Å². The predicted octanol–water partition coefficient (Wildman–Crippen LogP) is 6.91. The molecule has 0 bridgehead atoms. The van der Waals surface area contributed by atoms with Crippen molar-refractivity contribution in [3.8, 4) is 5.75 Å². The van der Waals surface area contributed by atoms with Crippen molar-refractivity contribution in [2.45, 2.75) is 96.3 Å². The molecule has 2 heteroatoms. The Labute approximate surface area is 156 Å². The second-order valence-electron chi connectivity index (χ2n) is 7.19. The monoisotopic (exact) mass is 348 g/mol. The molecule has 1 aromatic carbocycles. The van der Waals surface area contributed by atoms with E-state index in [1.165, 1.54) is 89.9 Å². The Bertz CT molecular complexity index is 364. The lowest BCUT2D eigenvalue weighted by Gasteiger charge is -2.06. The summed E-state index contributed by atoms with van der Waals surface area (Å²) in [7, 11) is 0. The van der Waals surface area contributed by atoms with Gasteiger partial charge in [-0.1, -0.05) is 102 Å². The van der Waals surface area contributed by atoms with E-state index in [9.17, 15) is 0 Å². The number of aliphatic hydroxyl groups is 1. The second-order valence-corrected chi connectivity index (χ2v) is 7.19. The minimum absolute atomic E-state index is 0.363. The van der Waals surface area contributed by atoms with Gasteiger partial charge in [0.1, 0.15) is 5.75 Å². The molecule has 0 saturated heterocycles. The fourth-order valence-corrected chi connectivity index (χ4v) is 3.22. The number of rotatable bonds is 18. The highest BCUT2D eigenvalue weighted by molar-refractivity contribution is 5.20. The van der Waals surface area contributed by atoms with Crippen molar-refractivity contribution in [1.29, 1.82) is 0 Å². The summed E-state index contributed by atoms with van der Waals surface area (Å²) in [5.41, 5.74) is 0. The first-order chi connectivity index (χ1) is 12.4. The quantitative estimate of drug-likeness (QED) is 0.292. The molecule has 0 radical (unpaired) electrons. The van der Waals surface area contributed by atoms with Gasteiger partial charge in [-0.3, -0.25) is 0 Å². The van der Waals surface area contributed by atoms with Gasteiger partial charge in [-0.25, -0.2) is 0 Å². The van der Waals surface area contributed by atoms with Crippen LogP contribution in [-0.4, -0.2) is 18.3 Å². The highest BCUT2D eigenvalue weighted by Crippen LogP contribution is 2.14. The van der Waals surface area contributed by atoms with Gasteiger partial charge in [-0.2, -0.15) is 0 Å². The Morgan fingerprint density at radius 1 is 0.520 bits per heavy atom. The van der Waals surface area contributed by atoms with E-state index >= 15 is 0 Å². The third-order valence-corrected chi connectivity index (χ3v) is 4.81. The lowest BCUT2D eigenvalue weighted by Crippen LogP contribution is -1.96. The minimum atomic E-state index is 0.363. The van der Waals surface area contributed by atoms with E-state index in [1.807, 2.05) is 30.3 Å². The molecule has 0 aromatic heterocycles. The molecule has 144 valence electrons. The molecule has 0 heterocycles. The number of unbranched alkanes of at least 4 members (excludes halogenated alkanes) is 14. The molecular formula is C23H40O2. The average molecular weight is 349 g/mol. The Kier molecular flexibility index (Phi) is 15.7. The third-order valence-electron chi connectivity index (χ3n) is 4.81. The van der Waals surface area contributed by atoms with E-state index in [0.717, 1.165) is 18.8 Å². The number of hydrogen-bond donors (Lipinski definition) is 1. The van der Waals surface area contributed by atoms with Crippen molar-refractivity contribution in [3.05, 3.63) is 30.3 Å². The maximum absolute atomic E-state index is 8.72. The van der Waals surface area contributed by atoms with Crippen molar-refractivity contribution in [3.63, 3.8) is 0 Å². The van der Waals surface area contributed by atoms with Crippen LogP contribution in [0.1, 0.15) is 96.3 Å². The first kappa shape index (κ1) is 22.0. The summed E-state index contributed by atoms with van der Waals surface area (Å²) in [4.78, 5) is 0. The molecule has 25 heavy (non-hydrogen) atoms. The molecule has 0 aliphatic heterocycles. The van der Waals surface area contributed by atoms with Gasteiger partial charge < -0.3 is 9.84 Å². The van der Waals surface area contributed by atoms with Gasteiger partial charge in [0.15, 0.2) is 0 Å². The van der Waals surface area contributed by atoms with Crippen LogP contribution in [0.2, 0.25) is 0 Å². The van der Waals surface area contributed by atoms with E-state index in [1.54, 1.807) is 0 Å². The highest BCUT2D eigenvalue weighted by atomic mass is 16.5. The number of benzene rings is 1. The van der Waals surface area contributed by atoms with Gasteiger partial charge in [-0.05, 0) is 25.0 Å². The number of ether oxygens (including phenoxy) is 1. The first-order valence-electron chi connectivity index (χ1n) is 10.7. The number of para-hydroxylation sites is 1. The molecule has 1 N–H and O–H groups in total. The average Bonchev–Trinajstić information content (AvgIpc) is 2.65. The summed E-state index contributed by atoms with van der Waals surface area (Å²) in [5, 5.41) is 8.72. The Hall–Kier alpha value is -1.02. The zero-order valence-electron chi connectivity index (χ0n) is 16.3. The van der Waals surface area contributed by atoms with Crippen molar-refractivity contribution >= 4 is 0 Å². The lowest BCUT2D eigenvalue weighted by molar-refractivity contribution is 0.282. The van der Waals surface area contributed by atoms with Gasteiger partial charge >= 0.3 is 0 Å². The fourth-order valence-electron chi connectivity index (χ4n) is 3.22. The van der Waals surface area contributed by atoms with E-state index in [4.69, 9.17) is 9.84 Å². The summed E-state index contributed by atoms with van der Waals surface area (Å²) in [6.07, 6.45) is 19.9. The summed E-state index contributed by atoms with van der Waals surface area (Å²) >= 11 is 0. The van der Waals surface area contributed by atoms with Crippen LogP contribution < -0.4 is 4.74 Å². The van der Waals surface area contributed by atoms with Crippen molar-refractivity contribution in [1.82, 2.24) is 0 Å². The maximum atomic E-state index is 8.72. The normalized spacial score (nSPS) is 10.9. The molecule has 0 saturated carbocycles. The number of aliphatic hydroxyl groups excluding tert-OH is 1. The summed E-state index contributed by atoms with van der Waals surface area (Å²) in [6.45, 7) is 1.21. The Morgan fingerprint density at radius 2 is 0.920 bits per heavy atom. The van der Waals surface area contributed by atoms with Gasteiger partial charge in [0, 0.05) is 6.61 Å². The van der Waals surface area contributed by atoms with Crippen LogP contribution in [0.5, 0.6) is 5.75 Å². The summed E-state index contributed by atoms with van der Waals surface area (Å²) < 4.78 is 5.71. The third kappa shape index (κ3) is 15.0. The maximum Gasteiger partial charge on any atom is 0.119 e. The SMILES string of the molecule is OCCCCCCCCCCCCCCCCCOc1ccccc1. The van der Waals surface area contributed by atoms with E-state index < -0.39 is 0 Å². The fraction of sp³-hybridized carbons (Fsp3) is 0.739. The Morgan fingerprint density at radius 3 is 1.36 bits per heavy atom. The topological polar surface area (TPSA) is 29.5 Å². The highest BCUT2D eigenvalue weighted by Gasteiger charge is 1.95. The Balaban J connectivity index is 1.69. The summed E-state index contributed by atoms with van der Waals surface area (Å²) in [5.74, 6) is 0.993. The molecule has 0 aliphatic carbocycles. The van der Waals surface area contributed by atoms with E-state index in [0.29, 0.717) is 6.61 Å². The van der Waals surface area contributed by atoms with Crippen LogP contribution in [0.15, 0.2) is 30.3 Å². The van der Waals surface area contributed by atoms with Gasteiger partial charge in [0.25, 0.3) is 0 Å². The van der Waals surface area contributed by atoms with Crippen LogP contribution in [0.4, 0.5) is 0 Å². The van der Waals surface area contributed by atoms with Gasteiger partial charge in [-0.15, -0.1) is 0 Å². The second kappa shape index (κ2) is 17.8. The zero-order chi connectivity index (χ0) is 17.8. The largest absolute Gasteiger partial charge is 0.494 e. The molecule has 1 aromatic rings. The van der Waals surface area contributed by atoms with Crippen LogP contribution >= 0.6 is 0 Å². The lowest BCUT2D eigenvalue weighted by atomic mass is 10.0. The predicted molar refractivity (Wildman–Crippen MR) is 108 cm³/mol. The molecular weight excluding hydrogens is 308 g/mol. The molecule has 0 aliphatic rings. The van der Waals surface area contributed by atoms with Crippen molar-refractivity contribution in [2.24, 2.45) is 0 Å². The smallest absolute Gasteiger partial charge is 0.119 e. The molecule has 0 fully saturated rings. The van der Waals surface area contributed by atoms with Crippen molar-refractivity contribution < 1.29 is 9.84 Å². The molecule has 1 rings (SSSR count). The molecule has 2 nitrogen and oxygen atoms in total. The minimum Gasteiger partial charge on any atom is -0.494 e. The van der Waals surface area contributed by atoms with Crippen LogP contribution in [0, 0.1) is 0 Å². The molecule has 0 atom stereocenters. The molecule has 0 unspecified atom stereocenters. The number of hydrogen-bond acceptors (Lipinski definition) is 2. The van der Waals surface area contributed by atoms with Crippen molar-refractivity contribution in [2.75, 3.05) is 13.2 Å². The van der Waals surface area contributed by atoms with Gasteiger partial charge in [0.05, 0.1) is 6.61 Å². The van der Waals surface area contributed by atoms with E-state index in [-0.39, 0.29) is 0 Å². The standard InChI is InChI=1S/C23H40O2/c24-21-17-12-10-8-6-4-2-1-3-5-7-9-11-13-18-22-25-23-19-15-14-16-20-23/h14-16,19-20,24H,1-13,17-18,21-22H2. The van der Waals surface area contributed by atoms with Crippen LogP contribution in [0.3, 0.4) is 0 Å². The van der Waals surface area contributed by atoms with Gasteiger partial charge in [0.2, 0.25) is 0 Å².